The van der Waals surface area contributed by atoms with Crippen LogP contribution in [0.25, 0.3) is 12.2 Å². The number of ketones is 2. The number of anilines is 1. The van der Waals surface area contributed by atoms with Gasteiger partial charge in [0.25, 0.3) is 0 Å². The number of aliphatic hydroxyl groups is 2. The van der Waals surface area contributed by atoms with Gasteiger partial charge < -0.3 is 34.9 Å². The molecule has 1 atom stereocenters. The highest BCUT2D eigenvalue weighted by Crippen LogP contribution is 2.28. The van der Waals surface area contributed by atoms with Crippen LogP contribution in [0.1, 0.15) is 43.8 Å². The summed E-state index contributed by atoms with van der Waals surface area (Å²) >= 11 is 0. The van der Waals surface area contributed by atoms with Crippen LogP contribution in [0.5, 0.6) is 23.0 Å². The zero-order valence-corrected chi connectivity index (χ0v) is 31.4. The fourth-order valence-electron chi connectivity index (χ4n) is 5.50. The summed E-state index contributed by atoms with van der Waals surface area (Å²) in [5.74, 6) is -8.70. The third kappa shape index (κ3) is 13.9. The van der Waals surface area contributed by atoms with Crippen molar-refractivity contribution < 1.29 is 74.7 Å². The minimum absolute atomic E-state index is 0.0397. The largest absolute Gasteiger partial charge is 0.573 e. The molecule has 61 heavy (non-hydrogen) atoms. The van der Waals surface area contributed by atoms with Gasteiger partial charge in [-0.2, -0.15) is 0 Å². The molecule has 0 saturated heterocycles. The van der Waals surface area contributed by atoms with E-state index in [0.717, 1.165) is 54.6 Å². The van der Waals surface area contributed by atoms with Gasteiger partial charge in [0.2, 0.25) is 11.6 Å². The molecule has 0 saturated carbocycles. The van der Waals surface area contributed by atoms with E-state index in [2.05, 4.69) is 9.47 Å². The molecule has 0 aromatic heterocycles. The number of halogens is 6. The third-order valence-corrected chi connectivity index (χ3v) is 8.56. The SMILES string of the molecule is Nc1ccc(CC(CC(=O)/C=C/c2ccc(OC(=O)c3ccc(OC(F)(F)F)cc3)cc2)C(O)(O)C(=O)/C=C/c2ccc(OC(=O)c3ccc(OC(F)(F)F)cc3)cc2)cc1. The van der Waals surface area contributed by atoms with Gasteiger partial charge in [-0.1, -0.05) is 48.6 Å². The number of hydrogen-bond donors (Lipinski definition) is 3. The fourth-order valence-corrected chi connectivity index (χ4v) is 5.50. The zero-order valence-electron chi connectivity index (χ0n) is 31.4. The molecule has 0 aliphatic heterocycles. The molecule has 0 aliphatic carbocycles. The Morgan fingerprint density at radius 2 is 0.951 bits per heavy atom. The third-order valence-electron chi connectivity index (χ3n) is 8.56. The van der Waals surface area contributed by atoms with Crippen molar-refractivity contribution in [2.75, 3.05) is 5.73 Å². The summed E-state index contributed by atoms with van der Waals surface area (Å²) in [5.41, 5.74) is 7.52. The summed E-state index contributed by atoms with van der Waals surface area (Å²) in [5, 5.41) is 22.4. The molecule has 0 aliphatic rings. The molecule has 0 spiro atoms. The molecule has 4 N–H and O–H groups in total. The van der Waals surface area contributed by atoms with E-state index in [1.165, 1.54) is 66.8 Å². The zero-order chi connectivity index (χ0) is 44.4. The molecule has 11 nitrogen and oxygen atoms in total. The Kier molecular flexibility index (Phi) is 14.1. The summed E-state index contributed by atoms with van der Waals surface area (Å²) in [6, 6.07) is 26.0. The summed E-state index contributed by atoms with van der Waals surface area (Å²) < 4.78 is 92.5. The first kappa shape index (κ1) is 44.9. The number of ether oxygens (including phenoxy) is 4. The van der Waals surface area contributed by atoms with E-state index < -0.39 is 65.9 Å². The molecule has 0 radical (unpaired) electrons. The predicted octanol–water partition coefficient (Wildman–Crippen LogP) is 8.30. The van der Waals surface area contributed by atoms with Crippen molar-refractivity contribution in [2.45, 2.75) is 31.4 Å². The van der Waals surface area contributed by atoms with Gasteiger partial charge in [0, 0.05) is 18.0 Å². The highest BCUT2D eigenvalue weighted by molar-refractivity contribution is 6.00. The second-order valence-corrected chi connectivity index (χ2v) is 13.1. The van der Waals surface area contributed by atoms with E-state index in [4.69, 9.17) is 15.2 Å². The van der Waals surface area contributed by atoms with Crippen LogP contribution in [-0.2, 0) is 16.0 Å². The van der Waals surface area contributed by atoms with Crippen molar-refractivity contribution in [1.82, 2.24) is 0 Å². The smallest absolute Gasteiger partial charge is 0.423 e. The van der Waals surface area contributed by atoms with Gasteiger partial charge in [0.15, 0.2) is 5.78 Å². The number of allylic oxidation sites excluding steroid dienone is 1. The van der Waals surface area contributed by atoms with Crippen molar-refractivity contribution in [3.05, 3.63) is 161 Å². The molecule has 1 unspecified atom stereocenters. The normalized spacial score (nSPS) is 12.5. The average molecular weight is 850 g/mol. The van der Waals surface area contributed by atoms with E-state index in [1.807, 2.05) is 0 Å². The minimum Gasteiger partial charge on any atom is -0.423 e. The summed E-state index contributed by atoms with van der Waals surface area (Å²) in [4.78, 5) is 51.4. The summed E-state index contributed by atoms with van der Waals surface area (Å²) in [6.07, 6.45) is -5.65. The lowest BCUT2D eigenvalue weighted by atomic mass is 9.84. The van der Waals surface area contributed by atoms with Crippen molar-refractivity contribution in [3.8, 4) is 23.0 Å². The molecule has 5 aromatic rings. The van der Waals surface area contributed by atoms with Gasteiger partial charge in [-0.3, -0.25) is 9.59 Å². The standard InChI is InChI=1S/C44H33F6NO10/c45-43(46,47)60-37-20-9-30(10-21-37)40(54)58-35-16-4-27(5-17-35)3-15-34(52)26-32(25-29-1-13-33(51)14-2-29)42(56,57)39(53)24-8-28-6-18-36(19-7-28)59-41(55)31-11-22-38(23-12-31)61-44(48,49)50/h1-24,32,56-57H,25-26,51H2/b15-3+,24-8+. The van der Waals surface area contributed by atoms with Crippen molar-refractivity contribution in [1.29, 1.82) is 0 Å². The minimum atomic E-state index is -4.90. The number of carbonyl (C=O) groups is 4. The van der Waals surface area contributed by atoms with Crippen LogP contribution in [0.4, 0.5) is 32.0 Å². The Balaban J connectivity index is 1.20. The van der Waals surface area contributed by atoms with Crippen molar-refractivity contribution in [2.24, 2.45) is 5.92 Å². The highest BCUT2D eigenvalue weighted by Gasteiger charge is 2.41. The van der Waals surface area contributed by atoms with Crippen LogP contribution in [0.15, 0.2) is 133 Å². The first-order valence-electron chi connectivity index (χ1n) is 17.8. The quantitative estimate of drug-likeness (QED) is 0.0218. The maximum atomic E-state index is 13.3. The van der Waals surface area contributed by atoms with Gasteiger partial charge in [0.05, 0.1) is 11.1 Å². The van der Waals surface area contributed by atoms with Crippen LogP contribution >= 0.6 is 0 Å². The maximum absolute atomic E-state index is 13.3. The van der Waals surface area contributed by atoms with Gasteiger partial charge in [0.1, 0.15) is 23.0 Å². The summed E-state index contributed by atoms with van der Waals surface area (Å²) in [6.45, 7) is 0. The number of hydrogen-bond acceptors (Lipinski definition) is 11. The Hall–Kier alpha value is -7.24. The van der Waals surface area contributed by atoms with Crippen molar-refractivity contribution in [3.63, 3.8) is 0 Å². The van der Waals surface area contributed by atoms with E-state index in [1.54, 1.807) is 24.3 Å². The van der Waals surface area contributed by atoms with E-state index >= 15 is 0 Å². The van der Waals surface area contributed by atoms with Crippen LogP contribution in [0.2, 0.25) is 0 Å². The van der Waals surface area contributed by atoms with Crippen LogP contribution in [0.3, 0.4) is 0 Å². The molecular formula is C44H33F6NO10. The summed E-state index contributed by atoms with van der Waals surface area (Å²) in [7, 11) is 0. The van der Waals surface area contributed by atoms with Gasteiger partial charge in [-0.25, -0.2) is 9.59 Å². The number of esters is 2. The first-order chi connectivity index (χ1) is 28.7. The maximum Gasteiger partial charge on any atom is 0.573 e. The topological polar surface area (TPSA) is 172 Å². The molecule has 0 heterocycles. The first-order valence-corrected chi connectivity index (χ1v) is 17.8. The lowest BCUT2D eigenvalue weighted by Gasteiger charge is -2.28. The molecule has 316 valence electrons. The predicted molar refractivity (Wildman–Crippen MR) is 207 cm³/mol. The Morgan fingerprint density at radius 1 is 0.557 bits per heavy atom. The highest BCUT2D eigenvalue weighted by atomic mass is 19.4. The Bertz CT molecular complexity index is 2370. The van der Waals surface area contributed by atoms with E-state index in [0.29, 0.717) is 22.4 Å². The molecule has 0 fully saturated rings. The molecule has 17 heteroatoms. The molecular weight excluding hydrogens is 816 g/mol. The second-order valence-electron chi connectivity index (χ2n) is 13.1. The van der Waals surface area contributed by atoms with Gasteiger partial charge in [-0.15, -0.1) is 26.3 Å². The number of benzene rings is 5. The van der Waals surface area contributed by atoms with E-state index in [9.17, 15) is 55.7 Å². The average Bonchev–Trinajstić information content (AvgIpc) is 3.20. The van der Waals surface area contributed by atoms with Crippen molar-refractivity contribution >= 4 is 41.3 Å². The van der Waals surface area contributed by atoms with Gasteiger partial charge in [-0.05, 0) is 120 Å². The number of rotatable bonds is 16. The second kappa shape index (κ2) is 19.2. The molecule has 5 rings (SSSR count). The molecule has 0 bridgehead atoms. The Morgan fingerprint density at radius 3 is 1.36 bits per heavy atom. The van der Waals surface area contributed by atoms with E-state index in [-0.39, 0.29) is 29.0 Å². The number of alkyl halides is 6. The molecule has 5 aromatic carbocycles. The van der Waals surface area contributed by atoms with Crippen LogP contribution in [0, 0.1) is 5.92 Å². The molecule has 0 amide bonds. The van der Waals surface area contributed by atoms with Crippen LogP contribution in [-0.4, -0.2) is 52.2 Å². The monoisotopic (exact) mass is 849 g/mol. The lowest BCUT2D eigenvalue weighted by Crippen LogP contribution is -2.46. The van der Waals surface area contributed by atoms with Crippen LogP contribution < -0.4 is 24.7 Å². The van der Waals surface area contributed by atoms with Gasteiger partial charge >= 0.3 is 24.7 Å². The fraction of sp³-hybridized carbons (Fsp3) is 0.136. The lowest BCUT2D eigenvalue weighted by molar-refractivity contribution is -0.275. The Labute approximate surface area is 342 Å². The number of nitrogen functional groups attached to an aromatic ring is 1. The number of carbonyl (C=O) groups excluding carboxylic acids is 4. The number of nitrogens with two attached hydrogens (primary N) is 1.